The van der Waals surface area contributed by atoms with Crippen molar-refractivity contribution in [2.45, 2.75) is 25.7 Å². The Morgan fingerprint density at radius 1 is 1.12 bits per heavy atom. The van der Waals surface area contributed by atoms with Gasteiger partial charge in [-0.25, -0.2) is 9.69 Å². The van der Waals surface area contributed by atoms with Crippen LogP contribution in [0.25, 0.3) is 6.08 Å². The van der Waals surface area contributed by atoms with Crippen molar-refractivity contribution in [3.63, 3.8) is 0 Å². The van der Waals surface area contributed by atoms with Crippen molar-refractivity contribution >= 4 is 23.9 Å². The molecular weight excluding hydrogens is 322 g/mol. The summed E-state index contributed by atoms with van der Waals surface area (Å²) < 4.78 is 0. The number of nitrogens with zero attached hydrogens (tertiary/aromatic N) is 2. The van der Waals surface area contributed by atoms with Gasteiger partial charge in [0.25, 0.3) is 5.91 Å². The monoisotopic (exact) mass is 343 g/mol. The molecule has 0 bridgehead atoms. The van der Waals surface area contributed by atoms with Gasteiger partial charge in [0.2, 0.25) is 5.91 Å². The summed E-state index contributed by atoms with van der Waals surface area (Å²) in [5.41, 5.74) is 0.474. The first-order valence-corrected chi connectivity index (χ1v) is 8.46. The van der Waals surface area contributed by atoms with Gasteiger partial charge in [-0.2, -0.15) is 0 Å². The van der Waals surface area contributed by atoms with Gasteiger partial charge in [-0.15, -0.1) is 0 Å². The molecule has 2 heterocycles. The molecule has 132 valence electrons. The third-order valence-corrected chi connectivity index (χ3v) is 4.45. The summed E-state index contributed by atoms with van der Waals surface area (Å²) in [5.74, 6) is -0.762. The maximum absolute atomic E-state index is 12.4. The molecule has 0 aliphatic carbocycles. The molecule has 2 aliphatic rings. The number of carbonyl (C=O) groups is 3. The predicted molar refractivity (Wildman–Crippen MR) is 91.4 cm³/mol. The number of likely N-dealkylation sites (tertiary alicyclic amines) is 1. The van der Waals surface area contributed by atoms with E-state index < -0.39 is 11.9 Å². The number of aromatic hydroxyl groups is 1. The van der Waals surface area contributed by atoms with Gasteiger partial charge in [-0.3, -0.25) is 9.59 Å². The fourth-order valence-corrected chi connectivity index (χ4v) is 3.04. The van der Waals surface area contributed by atoms with E-state index in [4.69, 9.17) is 0 Å². The van der Waals surface area contributed by atoms with Crippen molar-refractivity contribution in [3.8, 4) is 5.75 Å². The Kier molecular flexibility index (Phi) is 5.02. The fraction of sp³-hybridized carbons (Fsp3) is 0.389. The summed E-state index contributed by atoms with van der Waals surface area (Å²) in [5, 5.41) is 12.3. The van der Waals surface area contributed by atoms with Crippen molar-refractivity contribution < 1.29 is 19.5 Å². The van der Waals surface area contributed by atoms with Gasteiger partial charge >= 0.3 is 6.03 Å². The van der Waals surface area contributed by atoms with Gasteiger partial charge in [0.15, 0.2) is 0 Å². The van der Waals surface area contributed by atoms with E-state index in [0.717, 1.165) is 30.6 Å². The van der Waals surface area contributed by atoms with Crippen LogP contribution in [0.5, 0.6) is 5.75 Å². The van der Waals surface area contributed by atoms with Crippen molar-refractivity contribution in [2.24, 2.45) is 0 Å². The highest BCUT2D eigenvalue weighted by atomic mass is 16.3. The molecule has 0 atom stereocenters. The molecule has 4 amide bonds. The molecular formula is C18H21N3O4. The Labute approximate surface area is 145 Å². The minimum Gasteiger partial charge on any atom is -0.507 e. The zero-order valence-electron chi connectivity index (χ0n) is 13.9. The summed E-state index contributed by atoms with van der Waals surface area (Å²) in [6, 6.07) is 5.89. The molecule has 7 heteroatoms. The molecule has 0 spiro atoms. The lowest BCUT2D eigenvalue weighted by atomic mass is 10.1. The molecule has 2 saturated heterocycles. The second-order valence-corrected chi connectivity index (χ2v) is 6.23. The molecule has 2 N–H and O–H groups in total. The second kappa shape index (κ2) is 7.38. The van der Waals surface area contributed by atoms with E-state index in [-0.39, 0.29) is 23.9 Å². The van der Waals surface area contributed by atoms with E-state index in [1.165, 1.54) is 12.1 Å². The maximum Gasteiger partial charge on any atom is 0.329 e. The zero-order chi connectivity index (χ0) is 17.8. The van der Waals surface area contributed by atoms with Gasteiger partial charge in [-0.1, -0.05) is 31.0 Å². The Balaban J connectivity index is 1.71. The number of imide groups is 1. The third kappa shape index (κ3) is 3.81. The average Bonchev–Trinajstić information content (AvgIpc) is 2.80. The number of para-hydroxylation sites is 1. The van der Waals surface area contributed by atoms with E-state index in [0.29, 0.717) is 18.7 Å². The van der Waals surface area contributed by atoms with Crippen LogP contribution < -0.4 is 5.32 Å². The summed E-state index contributed by atoms with van der Waals surface area (Å²) in [6.45, 7) is 1.08. The number of carbonyl (C=O) groups excluding carboxylic acids is 3. The number of nitrogens with one attached hydrogen (secondary N) is 1. The average molecular weight is 343 g/mol. The van der Waals surface area contributed by atoms with E-state index in [9.17, 15) is 19.5 Å². The number of rotatable bonds is 3. The van der Waals surface area contributed by atoms with Crippen molar-refractivity contribution in [2.75, 3.05) is 19.6 Å². The van der Waals surface area contributed by atoms with E-state index in [2.05, 4.69) is 5.32 Å². The number of benzene rings is 1. The smallest absolute Gasteiger partial charge is 0.329 e. The van der Waals surface area contributed by atoms with Gasteiger partial charge in [0.05, 0.1) is 0 Å². The first kappa shape index (κ1) is 17.0. The number of amides is 4. The van der Waals surface area contributed by atoms with Crippen LogP contribution in [0.4, 0.5) is 4.79 Å². The van der Waals surface area contributed by atoms with Crippen LogP contribution in [-0.4, -0.2) is 52.4 Å². The van der Waals surface area contributed by atoms with Crippen molar-refractivity contribution in [1.82, 2.24) is 15.1 Å². The lowest BCUT2D eigenvalue weighted by Crippen LogP contribution is -2.43. The molecule has 0 aromatic heterocycles. The molecule has 0 saturated carbocycles. The molecule has 0 radical (unpaired) electrons. The van der Waals surface area contributed by atoms with Crippen LogP contribution in [0.1, 0.15) is 31.2 Å². The first-order chi connectivity index (χ1) is 12.1. The van der Waals surface area contributed by atoms with Crippen LogP contribution in [-0.2, 0) is 9.59 Å². The zero-order valence-corrected chi connectivity index (χ0v) is 13.9. The van der Waals surface area contributed by atoms with Crippen LogP contribution in [0, 0.1) is 0 Å². The standard InChI is InChI=1S/C18H21N3O4/c22-15-8-4-3-7-13(15)11-14-17(24)21(18(25)19-14)12-16(23)20-9-5-1-2-6-10-20/h3-4,7-8,11,22H,1-2,5-6,9-10,12H2,(H,19,25)/b14-11-. The number of hydrogen-bond donors (Lipinski definition) is 2. The second-order valence-electron chi connectivity index (χ2n) is 6.23. The summed E-state index contributed by atoms with van der Waals surface area (Å²) in [6.07, 6.45) is 5.50. The Morgan fingerprint density at radius 2 is 1.80 bits per heavy atom. The first-order valence-electron chi connectivity index (χ1n) is 8.46. The van der Waals surface area contributed by atoms with Crippen molar-refractivity contribution in [3.05, 3.63) is 35.5 Å². The van der Waals surface area contributed by atoms with Crippen LogP contribution in [0.15, 0.2) is 30.0 Å². The van der Waals surface area contributed by atoms with E-state index in [1.807, 2.05) is 0 Å². The number of phenolic OH excluding ortho intramolecular Hbond substituents is 1. The summed E-state index contributed by atoms with van der Waals surface area (Å²) in [4.78, 5) is 39.6. The molecule has 1 aromatic rings. The molecule has 0 unspecified atom stereocenters. The molecule has 25 heavy (non-hydrogen) atoms. The highest BCUT2D eigenvalue weighted by Crippen LogP contribution is 2.21. The summed E-state index contributed by atoms with van der Waals surface area (Å²) in [7, 11) is 0. The van der Waals surface area contributed by atoms with E-state index in [1.54, 1.807) is 23.1 Å². The predicted octanol–water partition coefficient (Wildman–Crippen LogP) is 1.69. The SMILES string of the molecule is O=C(CN1C(=O)N/C(=C\c2ccccc2O)C1=O)N1CCCCCC1. The van der Waals surface area contributed by atoms with Crippen LogP contribution in [0.3, 0.4) is 0 Å². The maximum atomic E-state index is 12.4. The number of hydrogen-bond acceptors (Lipinski definition) is 4. The molecule has 3 rings (SSSR count). The van der Waals surface area contributed by atoms with Crippen molar-refractivity contribution in [1.29, 1.82) is 0 Å². The fourth-order valence-electron chi connectivity index (χ4n) is 3.04. The normalized spacial score (nSPS) is 19.9. The minimum absolute atomic E-state index is 0.0103. The van der Waals surface area contributed by atoms with Gasteiger partial charge in [-0.05, 0) is 25.0 Å². The topological polar surface area (TPSA) is 90.0 Å². The Hall–Kier alpha value is -2.83. The highest BCUT2D eigenvalue weighted by Gasteiger charge is 2.36. The largest absolute Gasteiger partial charge is 0.507 e. The molecule has 1 aromatic carbocycles. The third-order valence-electron chi connectivity index (χ3n) is 4.45. The van der Waals surface area contributed by atoms with Gasteiger partial charge in [0.1, 0.15) is 18.0 Å². The minimum atomic E-state index is -0.616. The Morgan fingerprint density at radius 3 is 2.48 bits per heavy atom. The lowest BCUT2D eigenvalue weighted by Gasteiger charge is -2.22. The summed E-state index contributed by atoms with van der Waals surface area (Å²) >= 11 is 0. The van der Waals surface area contributed by atoms with Crippen LogP contribution >= 0.6 is 0 Å². The van der Waals surface area contributed by atoms with Crippen LogP contribution in [0.2, 0.25) is 0 Å². The lowest BCUT2D eigenvalue weighted by molar-refractivity contribution is -0.135. The number of urea groups is 1. The van der Waals surface area contributed by atoms with Gasteiger partial charge < -0.3 is 15.3 Å². The van der Waals surface area contributed by atoms with Gasteiger partial charge in [0, 0.05) is 18.7 Å². The van der Waals surface area contributed by atoms with E-state index >= 15 is 0 Å². The number of phenols is 1. The molecule has 2 fully saturated rings. The quantitative estimate of drug-likeness (QED) is 0.645. The molecule has 7 nitrogen and oxygen atoms in total. The molecule has 2 aliphatic heterocycles. The highest BCUT2D eigenvalue weighted by molar-refractivity contribution is 6.15. The Bertz CT molecular complexity index is 721.